The number of H-pyrrole nitrogens is 1. The summed E-state index contributed by atoms with van der Waals surface area (Å²) in [6.45, 7) is 3.80. The van der Waals surface area contributed by atoms with Crippen molar-refractivity contribution in [3.8, 4) is 0 Å². The van der Waals surface area contributed by atoms with Crippen LogP contribution in [0.5, 0.6) is 0 Å². The van der Waals surface area contributed by atoms with Crippen LogP contribution in [0.1, 0.15) is 28.8 Å². The zero-order chi connectivity index (χ0) is 17.2. The topological polar surface area (TPSA) is 49.0 Å². The smallest absolute Gasteiger partial charge is 0.253 e. The second-order valence-electron chi connectivity index (χ2n) is 6.51. The van der Waals surface area contributed by atoms with Gasteiger partial charge in [-0.25, -0.2) is 4.98 Å². The average molecular weight is 351 g/mol. The number of nitrogens with one attached hydrogen (secondary N) is 1. The zero-order valence-corrected chi connectivity index (χ0v) is 15.1. The van der Waals surface area contributed by atoms with Crippen molar-refractivity contribution in [1.82, 2.24) is 14.9 Å². The molecule has 1 fully saturated rings. The van der Waals surface area contributed by atoms with Gasteiger partial charge in [-0.05, 0) is 49.6 Å². The number of amides is 1. The SMILES string of the molecule is Cc1ccccc1SC1CCN(C(=O)c2ccc3nc[nH]c3c2)CC1. The van der Waals surface area contributed by atoms with Crippen molar-refractivity contribution in [2.24, 2.45) is 0 Å². The van der Waals surface area contributed by atoms with Crippen LogP contribution in [-0.2, 0) is 0 Å². The highest BCUT2D eigenvalue weighted by atomic mass is 32.2. The largest absolute Gasteiger partial charge is 0.345 e. The highest BCUT2D eigenvalue weighted by Crippen LogP contribution is 2.32. The van der Waals surface area contributed by atoms with Crippen LogP contribution in [0.4, 0.5) is 0 Å². The van der Waals surface area contributed by atoms with Crippen LogP contribution in [0.25, 0.3) is 11.0 Å². The number of imidazole rings is 1. The predicted molar refractivity (Wildman–Crippen MR) is 102 cm³/mol. The number of piperidine rings is 1. The number of fused-ring (bicyclic) bond motifs is 1. The lowest BCUT2D eigenvalue weighted by Crippen LogP contribution is -2.39. The van der Waals surface area contributed by atoms with Crippen LogP contribution in [-0.4, -0.2) is 39.1 Å². The number of aromatic amines is 1. The van der Waals surface area contributed by atoms with E-state index in [-0.39, 0.29) is 5.91 Å². The number of carbonyl (C=O) groups is 1. The Kier molecular flexibility index (Phi) is 4.49. The lowest BCUT2D eigenvalue weighted by molar-refractivity contribution is 0.0727. The summed E-state index contributed by atoms with van der Waals surface area (Å²) in [5.41, 5.74) is 3.88. The van der Waals surface area contributed by atoms with E-state index in [0.717, 1.165) is 42.5 Å². The Morgan fingerprint density at radius 2 is 2.00 bits per heavy atom. The van der Waals surface area contributed by atoms with Crippen molar-refractivity contribution in [2.75, 3.05) is 13.1 Å². The Morgan fingerprint density at radius 3 is 2.80 bits per heavy atom. The molecule has 4 rings (SSSR count). The third-order valence-corrected chi connectivity index (χ3v) is 6.30. The first-order chi connectivity index (χ1) is 12.2. The van der Waals surface area contributed by atoms with Crippen molar-refractivity contribution in [3.63, 3.8) is 0 Å². The number of hydrogen-bond acceptors (Lipinski definition) is 3. The van der Waals surface area contributed by atoms with Gasteiger partial charge in [-0.1, -0.05) is 18.2 Å². The standard InChI is InChI=1S/C20H21N3OS/c1-14-4-2-3-5-19(14)25-16-8-10-23(11-9-16)20(24)15-6-7-17-18(12-15)22-13-21-17/h2-7,12-13,16H,8-11H2,1H3,(H,21,22). The molecule has 0 radical (unpaired) electrons. The van der Waals surface area contributed by atoms with Crippen LogP contribution in [0.15, 0.2) is 53.7 Å². The molecule has 0 bridgehead atoms. The Labute approximate surface area is 151 Å². The molecule has 0 atom stereocenters. The highest BCUT2D eigenvalue weighted by Gasteiger charge is 2.24. The van der Waals surface area contributed by atoms with Gasteiger partial charge in [-0.3, -0.25) is 4.79 Å². The van der Waals surface area contributed by atoms with E-state index in [1.165, 1.54) is 10.5 Å². The summed E-state index contributed by atoms with van der Waals surface area (Å²) in [5.74, 6) is 0.121. The number of aromatic nitrogens is 2. The first-order valence-corrected chi connectivity index (χ1v) is 9.53. The molecule has 0 saturated carbocycles. The molecule has 0 unspecified atom stereocenters. The van der Waals surface area contributed by atoms with Crippen LogP contribution in [0, 0.1) is 6.92 Å². The van der Waals surface area contributed by atoms with Gasteiger partial charge in [0.15, 0.2) is 0 Å². The predicted octanol–water partition coefficient (Wildman–Crippen LogP) is 4.27. The number of rotatable bonds is 3. The molecule has 1 aliphatic heterocycles. The van der Waals surface area contributed by atoms with Crippen LogP contribution in [0.3, 0.4) is 0 Å². The summed E-state index contributed by atoms with van der Waals surface area (Å²) in [6.07, 6.45) is 3.74. The fourth-order valence-corrected chi connectivity index (χ4v) is 4.51. The van der Waals surface area contributed by atoms with Gasteiger partial charge in [0.25, 0.3) is 5.91 Å². The molecule has 0 spiro atoms. The maximum Gasteiger partial charge on any atom is 0.253 e. The average Bonchev–Trinajstić information content (AvgIpc) is 3.11. The minimum absolute atomic E-state index is 0.121. The number of hydrogen-bond donors (Lipinski definition) is 1. The van der Waals surface area contributed by atoms with E-state index < -0.39 is 0 Å². The maximum atomic E-state index is 12.8. The monoisotopic (exact) mass is 351 g/mol. The Balaban J connectivity index is 1.39. The molecular formula is C20H21N3OS. The maximum absolute atomic E-state index is 12.8. The lowest BCUT2D eigenvalue weighted by Gasteiger charge is -2.32. The molecule has 1 aliphatic rings. The summed E-state index contributed by atoms with van der Waals surface area (Å²) in [5, 5.41) is 0.584. The van der Waals surface area contributed by atoms with Crippen LogP contribution < -0.4 is 0 Å². The molecule has 0 aliphatic carbocycles. The molecule has 128 valence electrons. The number of aryl methyl sites for hydroxylation is 1. The van der Waals surface area contributed by atoms with Gasteiger partial charge in [0, 0.05) is 28.8 Å². The molecule has 5 heteroatoms. The van der Waals surface area contributed by atoms with Gasteiger partial charge in [-0.2, -0.15) is 0 Å². The molecule has 3 aromatic rings. The number of likely N-dealkylation sites (tertiary alicyclic amines) is 1. The summed E-state index contributed by atoms with van der Waals surface area (Å²) < 4.78 is 0. The lowest BCUT2D eigenvalue weighted by atomic mass is 10.1. The minimum atomic E-state index is 0.121. The van der Waals surface area contributed by atoms with Crippen molar-refractivity contribution < 1.29 is 4.79 Å². The van der Waals surface area contributed by atoms with Gasteiger partial charge in [0.2, 0.25) is 0 Å². The van der Waals surface area contributed by atoms with Crippen molar-refractivity contribution in [2.45, 2.75) is 29.9 Å². The van der Waals surface area contributed by atoms with E-state index in [4.69, 9.17) is 0 Å². The van der Waals surface area contributed by atoms with Gasteiger partial charge >= 0.3 is 0 Å². The molecular weight excluding hydrogens is 330 g/mol. The van der Waals surface area contributed by atoms with Crippen molar-refractivity contribution >= 4 is 28.7 Å². The second-order valence-corrected chi connectivity index (χ2v) is 7.85. The second kappa shape index (κ2) is 6.92. The van der Waals surface area contributed by atoms with Gasteiger partial charge in [0.1, 0.15) is 0 Å². The molecule has 2 aromatic carbocycles. The highest BCUT2D eigenvalue weighted by molar-refractivity contribution is 8.00. The van der Waals surface area contributed by atoms with Crippen molar-refractivity contribution in [3.05, 3.63) is 59.9 Å². The van der Waals surface area contributed by atoms with E-state index in [1.54, 1.807) is 6.33 Å². The fourth-order valence-electron chi connectivity index (χ4n) is 3.30. The quantitative estimate of drug-likeness (QED) is 0.767. The third-order valence-electron chi connectivity index (χ3n) is 4.78. The van der Waals surface area contributed by atoms with E-state index >= 15 is 0 Å². The Hall–Kier alpha value is -2.27. The molecule has 1 aromatic heterocycles. The Bertz CT molecular complexity index is 897. The van der Waals surface area contributed by atoms with Gasteiger partial charge < -0.3 is 9.88 Å². The summed E-state index contributed by atoms with van der Waals surface area (Å²) >= 11 is 1.95. The number of nitrogens with zero attached hydrogens (tertiary/aromatic N) is 2. The molecule has 1 saturated heterocycles. The summed E-state index contributed by atoms with van der Waals surface area (Å²) in [6, 6.07) is 14.2. The molecule has 2 heterocycles. The molecule has 1 amide bonds. The summed E-state index contributed by atoms with van der Waals surface area (Å²) in [7, 11) is 0. The van der Waals surface area contributed by atoms with Crippen LogP contribution in [0.2, 0.25) is 0 Å². The van der Waals surface area contributed by atoms with E-state index in [9.17, 15) is 4.79 Å². The number of benzene rings is 2. The number of carbonyl (C=O) groups excluding carboxylic acids is 1. The molecule has 4 nitrogen and oxygen atoms in total. The normalized spacial score (nSPS) is 15.6. The van der Waals surface area contributed by atoms with Crippen LogP contribution >= 0.6 is 11.8 Å². The summed E-state index contributed by atoms with van der Waals surface area (Å²) in [4.78, 5) is 23.4. The fraction of sp³-hybridized carbons (Fsp3) is 0.300. The number of thioether (sulfide) groups is 1. The Morgan fingerprint density at radius 1 is 1.20 bits per heavy atom. The van der Waals surface area contributed by atoms with E-state index in [2.05, 4.69) is 41.2 Å². The molecule has 25 heavy (non-hydrogen) atoms. The third kappa shape index (κ3) is 3.42. The minimum Gasteiger partial charge on any atom is -0.345 e. The van der Waals surface area contributed by atoms with Gasteiger partial charge in [-0.15, -0.1) is 11.8 Å². The van der Waals surface area contributed by atoms with E-state index in [0.29, 0.717) is 5.25 Å². The van der Waals surface area contributed by atoms with Gasteiger partial charge in [0.05, 0.1) is 17.4 Å². The first kappa shape index (κ1) is 16.2. The first-order valence-electron chi connectivity index (χ1n) is 8.65. The molecule has 1 N–H and O–H groups in total. The van der Waals surface area contributed by atoms with Crippen molar-refractivity contribution in [1.29, 1.82) is 0 Å². The van der Waals surface area contributed by atoms with E-state index in [1.807, 2.05) is 34.9 Å². The zero-order valence-electron chi connectivity index (χ0n) is 14.2.